The fraction of sp³-hybridized carbons (Fsp3) is 0.158. The highest BCUT2D eigenvalue weighted by molar-refractivity contribution is 6.31. The molecule has 6 nitrogen and oxygen atoms in total. The van der Waals surface area contributed by atoms with Crippen LogP contribution < -0.4 is 5.32 Å². The second-order valence-corrected chi connectivity index (χ2v) is 6.18. The molecule has 3 rings (SSSR count). The number of aliphatic hydroxyl groups excluding tert-OH is 1. The van der Waals surface area contributed by atoms with Gasteiger partial charge in [-0.15, -0.1) is 0 Å². The number of methoxy groups -OCH3 is 1. The third-order valence-corrected chi connectivity index (χ3v) is 4.26. The number of H-pyrrole nitrogens is 1. The minimum atomic E-state index is -1.25. The SMILES string of the molecule is COC(=O)C(NC(=O)c1cc2cc(Cl)ccc2[nH]1)C(O)c1ccccc1. The Balaban J connectivity index is 1.85. The van der Waals surface area contributed by atoms with Crippen molar-refractivity contribution in [2.75, 3.05) is 7.11 Å². The van der Waals surface area contributed by atoms with Crippen LogP contribution in [0, 0.1) is 0 Å². The molecule has 2 aromatic carbocycles. The number of fused-ring (bicyclic) bond motifs is 1. The van der Waals surface area contributed by atoms with Crippen molar-refractivity contribution in [2.24, 2.45) is 0 Å². The van der Waals surface area contributed by atoms with Gasteiger partial charge in [0.1, 0.15) is 11.8 Å². The van der Waals surface area contributed by atoms with E-state index in [9.17, 15) is 14.7 Å². The van der Waals surface area contributed by atoms with Gasteiger partial charge in [-0.2, -0.15) is 0 Å². The van der Waals surface area contributed by atoms with Crippen LogP contribution in [0.25, 0.3) is 10.9 Å². The van der Waals surface area contributed by atoms with Gasteiger partial charge in [0.2, 0.25) is 0 Å². The van der Waals surface area contributed by atoms with Gasteiger partial charge in [-0.25, -0.2) is 4.79 Å². The molecule has 3 N–H and O–H groups in total. The molecule has 1 amide bonds. The first-order valence-corrected chi connectivity index (χ1v) is 8.27. The molecule has 0 saturated carbocycles. The highest BCUT2D eigenvalue weighted by atomic mass is 35.5. The summed E-state index contributed by atoms with van der Waals surface area (Å²) in [5.41, 5.74) is 1.47. The summed E-state index contributed by atoms with van der Waals surface area (Å²) in [7, 11) is 1.20. The zero-order valence-corrected chi connectivity index (χ0v) is 14.7. The van der Waals surface area contributed by atoms with Crippen molar-refractivity contribution < 1.29 is 19.4 Å². The van der Waals surface area contributed by atoms with Gasteiger partial charge in [0, 0.05) is 15.9 Å². The first-order chi connectivity index (χ1) is 12.5. The van der Waals surface area contributed by atoms with Gasteiger partial charge in [-0.3, -0.25) is 4.79 Å². The number of carbonyl (C=O) groups excluding carboxylic acids is 2. The van der Waals surface area contributed by atoms with Crippen LogP contribution in [-0.2, 0) is 9.53 Å². The average molecular weight is 373 g/mol. The predicted molar refractivity (Wildman–Crippen MR) is 98.0 cm³/mol. The topological polar surface area (TPSA) is 91.4 Å². The van der Waals surface area contributed by atoms with Crippen LogP contribution in [0.3, 0.4) is 0 Å². The summed E-state index contributed by atoms with van der Waals surface area (Å²) < 4.78 is 4.73. The van der Waals surface area contributed by atoms with Crippen molar-refractivity contribution in [1.29, 1.82) is 0 Å². The number of ether oxygens (including phenoxy) is 1. The molecule has 7 heteroatoms. The van der Waals surface area contributed by atoms with Crippen LogP contribution in [0.5, 0.6) is 0 Å². The highest BCUT2D eigenvalue weighted by Gasteiger charge is 2.31. The van der Waals surface area contributed by atoms with Crippen LogP contribution in [0.4, 0.5) is 0 Å². The number of aromatic nitrogens is 1. The molecule has 3 aromatic rings. The maximum atomic E-state index is 12.6. The van der Waals surface area contributed by atoms with E-state index in [1.807, 2.05) is 0 Å². The number of rotatable bonds is 5. The molecule has 2 unspecified atom stereocenters. The molecule has 2 atom stereocenters. The lowest BCUT2D eigenvalue weighted by Gasteiger charge is -2.22. The lowest BCUT2D eigenvalue weighted by atomic mass is 10.0. The van der Waals surface area contributed by atoms with Gasteiger partial charge in [0.05, 0.1) is 7.11 Å². The van der Waals surface area contributed by atoms with Gasteiger partial charge in [0.15, 0.2) is 6.04 Å². The molecular weight excluding hydrogens is 356 g/mol. The third-order valence-electron chi connectivity index (χ3n) is 4.03. The van der Waals surface area contributed by atoms with Gasteiger partial charge in [-0.05, 0) is 29.8 Å². The normalized spacial score (nSPS) is 13.2. The molecule has 0 aliphatic carbocycles. The Labute approximate surface area is 154 Å². The molecule has 0 spiro atoms. The molecular formula is C19H17ClN2O4. The maximum absolute atomic E-state index is 12.6. The Morgan fingerprint density at radius 3 is 2.58 bits per heavy atom. The number of benzene rings is 2. The molecule has 26 heavy (non-hydrogen) atoms. The summed E-state index contributed by atoms with van der Waals surface area (Å²) in [6.07, 6.45) is -1.24. The fourth-order valence-corrected chi connectivity index (χ4v) is 2.86. The van der Waals surface area contributed by atoms with Gasteiger partial charge < -0.3 is 20.1 Å². The van der Waals surface area contributed by atoms with E-state index in [4.69, 9.17) is 16.3 Å². The minimum absolute atomic E-state index is 0.247. The molecule has 0 aliphatic rings. The number of amides is 1. The lowest BCUT2D eigenvalue weighted by molar-refractivity contribution is -0.146. The number of hydrogen-bond donors (Lipinski definition) is 3. The summed E-state index contributed by atoms with van der Waals surface area (Å²) in [4.78, 5) is 27.6. The Kier molecular flexibility index (Phi) is 5.25. The number of esters is 1. The molecule has 1 heterocycles. The lowest BCUT2D eigenvalue weighted by Crippen LogP contribution is -2.45. The van der Waals surface area contributed by atoms with E-state index in [0.717, 1.165) is 10.9 Å². The van der Waals surface area contributed by atoms with Gasteiger partial charge >= 0.3 is 5.97 Å². The smallest absolute Gasteiger partial charge is 0.331 e. The summed E-state index contributed by atoms with van der Waals surface area (Å²) in [6, 6.07) is 14.1. The summed E-state index contributed by atoms with van der Waals surface area (Å²) in [6.45, 7) is 0. The zero-order chi connectivity index (χ0) is 18.7. The molecule has 134 valence electrons. The first-order valence-electron chi connectivity index (χ1n) is 7.89. The fourth-order valence-electron chi connectivity index (χ4n) is 2.68. The Morgan fingerprint density at radius 2 is 1.88 bits per heavy atom. The van der Waals surface area contributed by atoms with Crippen LogP contribution in [0.2, 0.25) is 5.02 Å². The number of carbonyl (C=O) groups is 2. The maximum Gasteiger partial charge on any atom is 0.331 e. The van der Waals surface area contributed by atoms with E-state index in [-0.39, 0.29) is 5.69 Å². The van der Waals surface area contributed by atoms with Crippen molar-refractivity contribution in [1.82, 2.24) is 10.3 Å². The van der Waals surface area contributed by atoms with E-state index in [0.29, 0.717) is 10.6 Å². The zero-order valence-electron chi connectivity index (χ0n) is 13.9. The van der Waals surface area contributed by atoms with E-state index in [2.05, 4.69) is 10.3 Å². The van der Waals surface area contributed by atoms with Crippen LogP contribution >= 0.6 is 11.6 Å². The second kappa shape index (κ2) is 7.59. The van der Waals surface area contributed by atoms with Gasteiger partial charge in [0.25, 0.3) is 5.91 Å². The number of nitrogens with one attached hydrogen (secondary N) is 2. The number of aromatic amines is 1. The Hall–Kier alpha value is -2.83. The van der Waals surface area contributed by atoms with Crippen LogP contribution in [0.1, 0.15) is 22.2 Å². The highest BCUT2D eigenvalue weighted by Crippen LogP contribution is 2.21. The monoisotopic (exact) mass is 372 g/mol. The van der Waals surface area contributed by atoms with Crippen molar-refractivity contribution in [2.45, 2.75) is 12.1 Å². The number of halogens is 1. The number of aliphatic hydroxyl groups is 1. The Morgan fingerprint density at radius 1 is 1.15 bits per heavy atom. The molecule has 1 aromatic heterocycles. The molecule has 0 fully saturated rings. The molecule has 0 bridgehead atoms. The molecule has 0 aliphatic heterocycles. The molecule has 0 radical (unpaired) electrons. The van der Waals surface area contributed by atoms with Crippen molar-refractivity contribution in [3.63, 3.8) is 0 Å². The Bertz CT molecular complexity index is 939. The summed E-state index contributed by atoms with van der Waals surface area (Å²) >= 11 is 5.95. The summed E-state index contributed by atoms with van der Waals surface area (Å²) in [5.74, 6) is -1.28. The van der Waals surface area contributed by atoms with Crippen molar-refractivity contribution in [3.05, 3.63) is 70.9 Å². The number of hydrogen-bond acceptors (Lipinski definition) is 4. The average Bonchev–Trinajstić information content (AvgIpc) is 3.08. The quantitative estimate of drug-likeness (QED) is 0.600. The first kappa shape index (κ1) is 18.0. The van der Waals surface area contributed by atoms with Crippen LogP contribution in [0.15, 0.2) is 54.6 Å². The van der Waals surface area contributed by atoms with Crippen molar-refractivity contribution in [3.8, 4) is 0 Å². The van der Waals surface area contributed by atoms with E-state index in [1.54, 1.807) is 54.6 Å². The molecule has 0 saturated heterocycles. The predicted octanol–water partition coefficient (Wildman–Crippen LogP) is 2.83. The third kappa shape index (κ3) is 3.71. The van der Waals surface area contributed by atoms with Crippen LogP contribution in [-0.4, -0.2) is 35.1 Å². The van der Waals surface area contributed by atoms with E-state index < -0.39 is 24.0 Å². The standard InChI is InChI=1S/C19H17ClN2O4/c1-26-19(25)16(17(23)11-5-3-2-4-6-11)22-18(24)15-10-12-9-13(20)7-8-14(12)21-15/h2-10,16-17,21,23H,1H3,(H,22,24). The van der Waals surface area contributed by atoms with E-state index >= 15 is 0 Å². The van der Waals surface area contributed by atoms with Crippen molar-refractivity contribution >= 4 is 34.4 Å². The van der Waals surface area contributed by atoms with E-state index in [1.165, 1.54) is 7.11 Å². The minimum Gasteiger partial charge on any atom is -0.467 e. The van der Waals surface area contributed by atoms with Gasteiger partial charge in [-0.1, -0.05) is 41.9 Å². The largest absolute Gasteiger partial charge is 0.467 e. The summed E-state index contributed by atoms with van der Waals surface area (Å²) in [5, 5.41) is 14.4. The second-order valence-electron chi connectivity index (χ2n) is 5.74.